The Hall–Kier alpha value is -2.89. The standard InChI is InChI=1S/C18H14F7N5/c19-11-3-1-10(2-4-11)16(7-26-8-16)9-27-14-5-12(17(20,21)22)28-15-6-13(18(23,24)25)29-30(14)15/h1-6,26-27H,7-9H2. The zero-order valence-electron chi connectivity index (χ0n) is 15.1. The summed E-state index contributed by atoms with van der Waals surface area (Å²) in [7, 11) is 0. The fourth-order valence-corrected chi connectivity index (χ4v) is 3.31. The summed E-state index contributed by atoms with van der Waals surface area (Å²) in [4.78, 5) is 3.27. The van der Waals surface area contributed by atoms with Crippen LogP contribution in [0.3, 0.4) is 0 Å². The number of alkyl halides is 6. The Balaban J connectivity index is 1.72. The van der Waals surface area contributed by atoms with E-state index < -0.39 is 40.6 Å². The maximum absolute atomic E-state index is 13.2. The van der Waals surface area contributed by atoms with Crippen molar-refractivity contribution in [3.63, 3.8) is 0 Å². The molecule has 0 aliphatic carbocycles. The van der Waals surface area contributed by atoms with Crippen LogP contribution in [0.2, 0.25) is 0 Å². The number of fused-ring (bicyclic) bond motifs is 1. The van der Waals surface area contributed by atoms with Gasteiger partial charge in [0.1, 0.15) is 11.6 Å². The normalized spacial score (nSPS) is 16.5. The highest BCUT2D eigenvalue weighted by molar-refractivity contribution is 5.52. The Morgan fingerprint density at radius 1 is 0.967 bits per heavy atom. The van der Waals surface area contributed by atoms with Crippen molar-refractivity contribution < 1.29 is 30.7 Å². The molecule has 0 bridgehead atoms. The molecule has 160 valence electrons. The number of halogens is 7. The molecule has 1 aliphatic heterocycles. The number of nitrogens with one attached hydrogen (secondary N) is 2. The maximum Gasteiger partial charge on any atom is 0.435 e. The van der Waals surface area contributed by atoms with E-state index in [0.29, 0.717) is 29.7 Å². The van der Waals surface area contributed by atoms with Crippen LogP contribution >= 0.6 is 0 Å². The minimum absolute atomic E-state index is 0.0866. The Morgan fingerprint density at radius 3 is 2.13 bits per heavy atom. The molecule has 0 unspecified atom stereocenters. The van der Waals surface area contributed by atoms with Crippen LogP contribution in [-0.2, 0) is 17.8 Å². The molecule has 1 saturated heterocycles. The lowest BCUT2D eigenvalue weighted by Gasteiger charge is -2.43. The molecule has 30 heavy (non-hydrogen) atoms. The van der Waals surface area contributed by atoms with Crippen LogP contribution in [0.4, 0.5) is 36.6 Å². The van der Waals surface area contributed by atoms with Crippen molar-refractivity contribution in [1.82, 2.24) is 19.9 Å². The number of hydrogen-bond donors (Lipinski definition) is 2. The maximum atomic E-state index is 13.2. The molecule has 0 amide bonds. The van der Waals surface area contributed by atoms with Crippen molar-refractivity contribution >= 4 is 11.5 Å². The zero-order valence-corrected chi connectivity index (χ0v) is 15.1. The molecule has 1 aliphatic rings. The van der Waals surface area contributed by atoms with E-state index in [1.54, 1.807) is 12.1 Å². The highest BCUT2D eigenvalue weighted by atomic mass is 19.4. The number of hydrogen-bond acceptors (Lipinski definition) is 4. The average Bonchev–Trinajstić information content (AvgIpc) is 3.06. The molecular formula is C18H14F7N5. The molecule has 4 rings (SSSR count). The van der Waals surface area contributed by atoms with Gasteiger partial charge in [0.2, 0.25) is 0 Å². The van der Waals surface area contributed by atoms with E-state index in [-0.39, 0.29) is 12.4 Å². The third kappa shape index (κ3) is 3.66. The van der Waals surface area contributed by atoms with Crippen molar-refractivity contribution in [2.45, 2.75) is 17.8 Å². The van der Waals surface area contributed by atoms with E-state index in [2.05, 4.69) is 20.7 Å². The summed E-state index contributed by atoms with van der Waals surface area (Å²) in [5, 5.41) is 9.20. The second-order valence-electron chi connectivity index (χ2n) is 7.07. The van der Waals surface area contributed by atoms with Gasteiger partial charge < -0.3 is 10.6 Å². The molecule has 0 saturated carbocycles. The van der Waals surface area contributed by atoms with Crippen molar-refractivity contribution in [2.75, 3.05) is 25.0 Å². The lowest BCUT2D eigenvalue weighted by atomic mass is 9.75. The minimum atomic E-state index is -4.85. The molecule has 2 aromatic heterocycles. The Bertz CT molecular complexity index is 1070. The summed E-state index contributed by atoms with van der Waals surface area (Å²) in [6.07, 6.45) is -9.69. The van der Waals surface area contributed by atoms with Gasteiger partial charge in [-0.25, -0.2) is 9.37 Å². The number of benzene rings is 1. The van der Waals surface area contributed by atoms with Gasteiger partial charge in [-0.05, 0) is 17.7 Å². The van der Waals surface area contributed by atoms with E-state index >= 15 is 0 Å². The zero-order chi connectivity index (χ0) is 21.7. The first kappa shape index (κ1) is 20.4. The van der Waals surface area contributed by atoms with E-state index in [9.17, 15) is 30.7 Å². The van der Waals surface area contributed by atoms with Crippen molar-refractivity contribution in [1.29, 1.82) is 0 Å². The van der Waals surface area contributed by atoms with Crippen LogP contribution in [0.5, 0.6) is 0 Å². The topological polar surface area (TPSA) is 54.2 Å². The Kier molecular flexibility index (Phi) is 4.64. The van der Waals surface area contributed by atoms with E-state index in [0.717, 1.165) is 5.56 Å². The quantitative estimate of drug-likeness (QED) is 0.614. The van der Waals surface area contributed by atoms with Crippen LogP contribution in [0, 0.1) is 5.82 Å². The molecule has 2 N–H and O–H groups in total. The molecule has 3 heterocycles. The fraction of sp³-hybridized carbons (Fsp3) is 0.333. The van der Waals surface area contributed by atoms with E-state index in [1.165, 1.54) is 12.1 Å². The molecule has 0 radical (unpaired) electrons. The first-order chi connectivity index (χ1) is 14.0. The summed E-state index contributed by atoms with van der Waals surface area (Å²) in [5.41, 5.74) is -3.10. The average molecular weight is 433 g/mol. The molecule has 1 fully saturated rings. The first-order valence-corrected chi connectivity index (χ1v) is 8.74. The third-order valence-corrected chi connectivity index (χ3v) is 5.00. The van der Waals surface area contributed by atoms with Crippen LogP contribution in [-0.4, -0.2) is 34.2 Å². The van der Waals surface area contributed by atoms with Gasteiger partial charge in [0.25, 0.3) is 0 Å². The molecule has 12 heteroatoms. The van der Waals surface area contributed by atoms with Crippen LogP contribution in [0.15, 0.2) is 36.4 Å². The van der Waals surface area contributed by atoms with Crippen molar-refractivity contribution in [3.05, 3.63) is 59.2 Å². The molecule has 1 aromatic carbocycles. The van der Waals surface area contributed by atoms with Gasteiger partial charge in [0.05, 0.1) is 0 Å². The number of nitrogens with zero attached hydrogens (tertiary/aromatic N) is 3. The number of aromatic nitrogens is 3. The van der Waals surface area contributed by atoms with E-state index in [4.69, 9.17) is 0 Å². The van der Waals surface area contributed by atoms with Crippen LogP contribution < -0.4 is 10.6 Å². The Morgan fingerprint density at radius 2 is 1.60 bits per heavy atom. The van der Waals surface area contributed by atoms with Gasteiger partial charge in [0.15, 0.2) is 17.0 Å². The molecule has 3 aromatic rings. The van der Waals surface area contributed by atoms with Gasteiger partial charge in [-0.3, -0.25) is 0 Å². The molecule has 5 nitrogen and oxygen atoms in total. The third-order valence-electron chi connectivity index (χ3n) is 5.00. The fourth-order valence-electron chi connectivity index (χ4n) is 3.31. The monoisotopic (exact) mass is 433 g/mol. The van der Waals surface area contributed by atoms with Gasteiger partial charge in [-0.15, -0.1) is 0 Å². The summed E-state index contributed by atoms with van der Waals surface area (Å²) in [6.45, 7) is 1.00. The summed E-state index contributed by atoms with van der Waals surface area (Å²) in [5.74, 6) is -0.716. The number of anilines is 1. The predicted octanol–water partition coefficient (Wildman–Crippen LogP) is 3.86. The van der Waals surface area contributed by atoms with Crippen molar-refractivity contribution in [2.24, 2.45) is 0 Å². The predicted molar refractivity (Wildman–Crippen MR) is 92.4 cm³/mol. The van der Waals surface area contributed by atoms with Gasteiger partial charge in [-0.2, -0.15) is 36.0 Å². The second-order valence-corrected chi connectivity index (χ2v) is 7.07. The SMILES string of the molecule is Fc1ccc(C2(CNc3cc(C(F)(F)F)nc4cc(C(F)(F)F)nn34)CNC2)cc1. The largest absolute Gasteiger partial charge is 0.435 e. The lowest BCUT2D eigenvalue weighted by Crippen LogP contribution is -2.60. The van der Waals surface area contributed by atoms with Gasteiger partial charge in [0, 0.05) is 37.2 Å². The lowest BCUT2D eigenvalue weighted by molar-refractivity contribution is -0.142. The summed E-state index contributed by atoms with van der Waals surface area (Å²) in [6, 6.07) is 6.75. The van der Waals surface area contributed by atoms with Crippen molar-refractivity contribution in [3.8, 4) is 0 Å². The van der Waals surface area contributed by atoms with Crippen LogP contribution in [0.1, 0.15) is 17.0 Å². The van der Waals surface area contributed by atoms with Crippen LogP contribution in [0.25, 0.3) is 5.65 Å². The highest BCUT2D eigenvalue weighted by Gasteiger charge is 2.40. The number of rotatable bonds is 4. The molecule has 0 atom stereocenters. The van der Waals surface area contributed by atoms with Gasteiger partial charge >= 0.3 is 12.4 Å². The molecular weight excluding hydrogens is 419 g/mol. The first-order valence-electron chi connectivity index (χ1n) is 8.74. The highest BCUT2D eigenvalue weighted by Crippen LogP contribution is 2.34. The Labute approximate surface area is 164 Å². The second kappa shape index (κ2) is 6.83. The smallest absolute Gasteiger partial charge is 0.369 e. The summed E-state index contributed by atoms with van der Waals surface area (Å²) >= 11 is 0. The minimum Gasteiger partial charge on any atom is -0.369 e. The van der Waals surface area contributed by atoms with E-state index in [1.807, 2.05) is 0 Å². The summed E-state index contributed by atoms with van der Waals surface area (Å²) < 4.78 is 92.5. The molecule has 0 spiro atoms. The van der Waals surface area contributed by atoms with Gasteiger partial charge in [-0.1, -0.05) is 12.1 Å².